The number of hydrogen-bond donors (Lipinski definition) is 2. The molecule has 1 aromatic carbocycles. The molecule has 0 aliphatic carbocycles. The summed E-state index contributed by atoms with van der Waals surface area (Å²) in [7, 11) is -3.13. The van der Waals surface area contributed by atoms with Crippen molar-refractivity contribution in [2.24, 2.45) is 5.10 Å². The van der Waals surface area contributed by atoms with Gasteiger partial charge in [-0.3, -0.25) is 0 Å². The van der Waals surface area contributed by atoms with E-state index in [1.54, 1.807) is 6.21 Å². The molecule has 0 aromatic heterocycles. The van der Waals surface area contributed by atoms with Gasteiger partial charge in [-0.05, 0) is 5.56 Å². The molecule has 2 rings (SSSR count). The summed E-state index contributed by atoms with van der Waals surface area (Å²) >= 11 is 0. The summed E-state index contributed by atoms with van der Waals surface area (Å²) in [6.45, 7) is 0. The van der Waals surface area contributed by atoms with Crippen LogP contribution in [-0.4, -0.2) is 43.4 Å². The Bertz CT molecular complexity index is 499. The second-order valence-electron chi connectivity index (χ2n) is 4.05. The van der Waals surface area contributed by atoms with Crippen LogP contribution < -0.4 is 5.43 Å². The maximum absolute atomic E-state index is 11.2. The molecule has 17 heavy (non-hydrogen) atoms. The van der Waals surface area contributed by atoms with E-state index >= 15 is 0 Å². The first kappa shape index (κ1) is 12.1. The SMILES string of the molecule is O=S1(=O)C[C@H](O)[C@H](N/N=C/c2ccccc2)C1. The monoisotopic (exact) mass is 254 g/mol. The molecule has 1 saturated heterocycles. The van der Waals surface area contributed by atoms with E-state index in [2.05, 4.69) is 10.5 Å². The van der Waals surface area contributed by atoms with E-state index in [9.17, 15) is 13.5 Å². The molecule has 2 atom stereocenters. The van der Waals surface area contributed by atoms with Crippen molar-refractivity contribution in [1.82, 2.24) is 5.43 Å². The maximum atomic E-state index is 11.2. The van der Waals surface area contributed by atoms with Gasteiger partial charge in [0.15, 0.2) is 9.84 Å². The summed E-state index contributed by atoms with van der Waals surface area (Å²) in [5, 5.41) is 13.4. The molecule has 0 saturated carbocycles. The highest BCUT2D eigenvalue weighted by molar-refractivity contribution is 7.91. The molecule has 1 aliphatic rings. The number of aliphatic hydroxyl groups excluding tert-OH is 1. The maximum Gasteiger partial charge on any atom is 0.155 e. The van der Waals surface area contributed by atoms with Gasteiger partial charge in [0.05, 0.1) is 29.9 Å². The van der Waals surface area contributed by atoms with Crippen LogP contribution in [0.2, 0.25) is 0 Å². The largest absolute Gasteiger partial charge is 0.390 e. The van der Waals surface area contributed by atoms with E-state index in [0.29, 0.717) is 0 Å². The zero-order valence-electron chi connectivity index (χ0n) is 9.15. The van der Waals surface area contributed by atoms with Gasteiger partial charge >= 0.3 is 0 Å². The lowest BCUT2D eigenvalue weighted by Gasteiger charge is -2.11. The van der Waals surface area contributed by atoms with Crippen molar-refractivity contribution >= 4 is 16.1 Å². The van der Waals surface area contributed by atoms with Crippen molar-refractivity contribution < 1.29 is 13.5 Å². The zero-order valence-corrected chi connectivity index (χ0v) is 9.97. The molecule has 6 heteroatoms. The molecule has 2 N–H and O–H groups in total. The Balaban J connectivity index is 1.93. The first-order chi connectivity index (χ1) is 8.07. The Kier molecular flexibility index (Phi) is 3.44. The van der Waals surface area contributed by atoms with Crippen LogP contribution in [-0.2, 0) is 9.84 Å². The Morgan fingerprint density at radius 2 is 2.00 bits per heavy atom. The zero-order chi connectivity index (χ0) is 12.3. The molecule has 1 fully saturated rings. The third-order valence-electron chi connectivity index (χ3n) is 2.58. The summed E-state index contributed by atoms with van der Waals surface area (Å²) < 4.78 is 22.5. The Hall–Kier alpha value is -1.40. The summed E-state index contributed by atoms with van der Waals surface area (Å²) in [5.41, 5.74) is 3.59. The summed E-state index contributed by atoms with van der Waals surface area (Å²) in [4.78, 5) is 0. The van der Waals surface area contributed by atoms with Gasteiger partial charge in [0.25, 0.3) is 0 Å². The fraction of sp³-hybridized carbons (Fsp3) is 0.364. The molecule has 0 unspecified atom stereocenters. The topological polar surface area (TPSA) is 78.8 Å². The summed E-state index contributed by atoms with van der Waals surface area (Å²) in [6.07, 6.45) is 0.713. The Morgan fingerprint density at radius 3 is 2.59 bits per heavy atom. The van der Waals surface area contributed by atoms with Crippen LogP contribution in [0.25, 0.3) is 0 Å². The van der Waals surface area contributed by atoms with E-state index in [-0.39, 0.29) is 11.5 Å². The Labute approximate surface area is 100 Å². The van der Waals surface area contributed by atoms with Crippen molar-refractivity contribution in [3.8, 4) is 0 Å². The number of nitrogens with one attached hydrogen (secondary N) is 1. The molecule has 0 amide bonds. The van der Waals surface area contributed by atoms with Crippen molar-refractivity contribution in [2.45, 2.75) is 12.1 Å². The summed E-state index contributed by atoms with van der Waals surface area (Å²) in [5.74, 6) is -0.258. The van der Waals surface area contributed by atoms with Gasteiger partial charge < -0.3 is 10.5 Å². The minimum Gasteiger partial charge on any atom is -0.390 e. The molecule has 5 nitrogen and oxygen atoms in total. The minimum absolute atomic E-state index is 0.0692. The molecule has 1 aliphatic heterocycles. The van der Waals surface area contributed by atoms with Crippen LogP contribution >= 0.6 is 0 Å². The van der Waals surface area contributed by atoms with E-state index in [1.165, 1.54) is 0 Å². The van der Waals surface area contributed by atoms with Gasteiger partial charge in [-0.25, -0.2) is 8.42 Å². The standard InChI is InChI=1S/C11H14N2O3S/c14-11-8-17(15,16)7-10(11)13-12-6-9-4-2-1-3-5-9/h1-6,10-11,13-14H,7-8H2/b12-6+/t10-,11+/m1/s1. The normalized spacial score (nSPS) is 27.4. The minimum atomic E-state index is -3.13. The van der Waals surface area contributed by atoms with E-state index < -0.39 is 22.0 Å². The fourth-order valence-corrected chi connectivity index (χ4v) is 3.43. The van der Waals surface area contributed by atoms with Gasteiger partial charge in [0.2, 0.25) is 0 Å². The number of benzene rings is 1. The van der Waals surface area contributed by atoms with Crippen molar-refractivity contribution in [3.05, 3.63) is 35.9 Å². The first-order valence-electron chi connectivity index (χ1n) is 5.29. The van der Waals surface area contributed by atoms with Crippen molar-refractivity contribution in [1.29, 1.82) is 0 Å². The number of hydrazone groups is 1. The molecule has 1 aromatic rings. The average molecular weight is 254 g/mol. The summed E-state index contributed by atoms with van der Waals surface area (Å²) in [6, 6.07) is 8.92. The van der Waals surface area contributed by atoms with Gasteiger partial charge in [0.1, 0.15) is 0 Å². The third-order valence-corrected chi connectivity index (χ3v) is 4.29. The van der Waals surface area contributed by atoms with Gasteiger partial charge in [-0.2, -0.15) is 5.10 Å². The van der Waals surface area contributed by atoms with Crippen LogP contribution in [0, 0.1) is 0 Å². The van der Waals surface area contributed by atoms with Gasteiger partial charge in [-0.1, -0.05) is 30.3 Å². The van der Waals surface area contributed by atoms with Crippen LogP contribution in [0.4, 0.5) is 0 Å². The lowest BCUT2D eigenvalue weighted by Crippen LogP contribution is -2.35. The van der Waals surface area contributed by atoms with Gasteiger partial charge in [0, 0.05) is 0 Å². The molecule has 0 radical (unpaired) electrons. The molecule has 1 heterocycles. The number of aliphatic hydroxyl groups is 1. The van der Waals surface area contributed by atoms with Crippen LogP contribution in [0.5, 0.6) is 0 Å². The lowest BCUT2D eigenvalue weighted by atomic mass is 10.2. The van der Waals surface area contributed by atoms with E-state index in [1.807, 2.05) is 30.3 Å². The molecule has 0 bridgehead atoms. The molecule has 92 valence electrons. The van der Waals surface area contributed by atoms with E-state index in [4.69, 9.17) is 0 Å². The predicted molar refractivity (Wildman–Crippen MR) is 65.6 cm³/mol. The number of rotatable bonds is 3. The van der Waals surface area contributed by atoms with Crippen LogP contribution in [0.3, 0.4) is 0 Å². The highest BCUT2D eigenvalue weighted by atomic mass is 32.2. The third kappa shape index (κ3) is 3.28. The number of sulfone groups is 1. The number of hydrogen-bond acceptors (Lipinski definition) is 5. The van der Waals surface area contributed by atoms with Crippen molar-refractivity contribution in [2.75, 3.05) is 11.5 Å². The highest BCUT2D eigenvalue weighted by Crippen LogP contribution is 2.12. The fourth-order valence-electron chi connectivity index (χ4n) is 1.70. The number of nitrogens with zero attached hydrogens (tertiary/aromatic N) is 1. The second kappa shape index (κ2) is 4.85. The van der Waals surface area contributed by atoms with Crippen LogP contribution in [0.15, 0.2) is 35.4 Å². The van der Waals surface area contributed by atoms with Crippen LogP contribution in [0.1, 0.15) is 5.56 Å². The first-order valence-corrected chi connectivity index (χ1v) is 7.11. The predicted octanol–water partition coefficient (Wildman–Crippen LogP) is -0.232. The molecular formula is C11H14N2O3S. The van der Waals surface area contributed by atoms with Crippen molar-refractivity contribution in [3.63, 3.8) is 0 Å². The van der Waals surface area contributed by atoms with Gasteiger partial charge in [-0.15, -0.1) is 0 Å². The molecule has 0 spiro atoms. The molecular weight excluding hydrogens is 240 g/mol. The second-order valence-corrected chi connectivity index (χ2v) is 6.20. The smallest absolute Gasteiger partial charge is 0.155 e. The highest BCUT2D eigenvalue weighted by Gasteiger charge is 2.36. The average Bonchev–Trinajstić information content (AvgIpc) is 2.53. The van der Waals surface area contributed by atoms with E-state index in [0.717, 1.165) is 5.56 Å². The Morgan fingerprint density at radius 1 is 1.29 bits per heavy atom. The quantitative estimate of drug-likeness (QED) is 0.577. The lowest BCUT2D eigenvalue weighted by molar-refractivity contribution is 0.167.